The van der Waals surface area contributed by atoms with Crippen molar-refractivity contribution in [3.63, 3.8) is 0 Å². The summed E-state index contributed by atoms with van der Waals surface area (Å²) in [5.41, 5.74) is 0. The second-order valence-electron chi connectivity index (χ2n) is 3.79. The average molecular weight is 177 g/mol. The summed E-state index contributed by atoms with van der Waals surface area (Å²) in [6.45, 7) is 5.48. The lowest BCUT2D eigenvalue weighted by Gasteiger charge is -2.34. The van der Waals surface area contributed by atoms with E-state index < -0.39 is 12.5 Å². The molecular formula is C9H17F2N. The lowest BCUT2D eigenvalue weighted by Crippen LogP contribution is -2.42. The number of piperidine rings is 1. The second kappa shape index (κ2) is 4.17. The van der Waals surface area contributed by atoms with E-state index in [-0.39, 0.29) is 0 Å². The van der Waals surface area contributed by atoms with E-state index in [4.69, 9.17) is 0 Å². The van der Waals surface area contributed by atoms with Crippen LogP contribution >= 0.6 is 0 Å². The summed E-state index contributed by atoms with van der Waals surface area (Å²) < 4.78 is 24.5. The standard InChI is InChI=1S/C9H17F2N/c1-7-3-5-12(6-4-7)8(2)9(10)11/h7-9H,3-6H2,1-2H3. The van der Waals surface area contributed by atoms with Crippen LogP contribution in [-0.2, 0) is 0 Å². The highest BCUT2D eigenvalue weighted by Gasteiger charge is 2.25. The van der Waals surface area contributed by atoms with Gasteiger partial charge in [-0.3, -0.25) is 4.90 Å². The van der Waals surface area contributed by atoms with Gasteiger partial charge in [-0.1, -0.05) is 6.92 Å². The average Bonchev–Trinajstić information content (AvgIpc) is 2.04. The highest BCUT2D eigenvalue weighted by molar-refractivity contribution is 4.75. The van der Waals surface area contributed by atoms with Gasteiger partial charge in [-0.05, 0) is 38.8 Å². The highest BCUT2D eigenvalue weighted by Crippen LogP contribution is 2.20. The molecule has 0 bridgehead atoms. The molecule has 0 spiro atoms. The highest BCUT2D eigenvalue weighted by atomic mass is 19.3. The zero-order valence-corrected chi connectivity index (χ0v) is 7.76. The van der Waals surface area contributed by atoms with E-state index in [0.29, 0.717) is 5.92 Å². The molecule has 1 heterocycles. The van der Waals surface area contributed by atoms with Crippen molar-refractivity contribution in [1.82, 2.24) is 4.90 Å². The van der Waals surface area contributed by atoms with Crippen LogP contribution in [0.25, 0.3) is 0 Å². The van der Waals surface area contributed by atoms with Crippen LogP contribution in [0.3, 0.4) is 0 Å². The zero-order valence-electron chi connectivity index (χ0n) is 7.76. The van der Waals surface area contributed by atoms with E-state index in [9.17, 15) is 8.78 Å². The second-order valence-corrected chi connectivity index (χ2v) is 3.79. The van der Waals surface area contributed by atoms with Crippen molar-refractivity contribution in [2.45, 2.75) is 39.2 Å². The zero-order chi connectivity index (χ0) is 9.14. The van der Waals surface area contributed by atoms with Crippen LogP contribution in [0.4, 0.5) is 8.78 Å². The summed E-state index contributed by atoms with van der Waals surface area (Å²) in [6, 6.07) is -0.558. The van der Waals surface area contributed by atoms with Crippen LogP contribution in [-0.4, -0.2) is 30.5 Å². The van der Waals surface area contributed by atoms with Gasteiger partial charge in [0.1, 0.15) is 0 Å². The molecule has 1 aliphatic heterocycles. The third-order valence-electron chi connectivity index (χ3n) is 2.76. The van der Waals surface area contributed by atoms with Crippen molar-refractivity contribution in [3.8, 4) is 0 Å². The number of rotatable bonds is 2. The Kier molecular flexibility index (Phi) is 3.44. The molecule has 1 fully saturated rings. The summed E-state index contributed by atoms with van der Waals surface area (Å²) in [5.74, 6) is 0.714. The summed E-state index contributed by atoms with van der Waals surface area (Å²) >= 11 is 0. The molecule has 1 unspecified atom stereocenters. The lowest BCUT2D eigenvalue weighted by atomic mass is 9.98. The SMILES string of the molecule is CC1CCN(C(C)C(F)F)CC1. The van der Waals surface area contributed by atoms with Gasteiger partial charge < -0.3 is 0 Å². The van der Waals surface area contributed by atoms with Crippen molar-refractivity contribution in [2.75, 3.05) is 13.1 Å². The van der Waals surface area contributed by atoms with Crippen LogP contribution in [0, 0.1) is 5.92 Å². The fourth-order valence-corrected chi connectivity index (χ4v) is 1.60. The number of likely N-dealkylation sites (tertiary alicyclic amines) is 1. The Bertz CT molecular complexity index is 130. The molecule has 0 aromatic carbocycles. The summed E-state index contributed by atoms with van der Waals surface area (Å²) in [5, 5.41) is 0. The maximum Gasteiger partial charge on any atom is 0.253 e. The Morgan fingerprint density at radius 1 is 1.25 bits per heavy atom. The predicted octanol–water partition coefficient (Wildman–Crippen LogP) is 2.37. The fraction of sp³-hybridized carbons (Fsp3) is 1.00. The van der Waals surface area contributed by atoms with Gasteiger partial charge in [-0.2, -0.15) is 0 Å². The Hall–Kier alpha value is -0.180. The number of hydrogen-bond acceptors (Lipinski definition) is 1. The van der Waals surface area contributed by atoms with Crippen LogP contribution in [0.1, 0.15) is 26.7 Å². The first kappa shape index (κ1) is 9.90. The molecule has 1 saturated heterocycles. The van der Waals surface area contributed by atoms with E-state index in [2.05, 4.69) is 6.92 Å². The Labute approximate surface area is 72.7 Å². The normalized spacial score (nSPS) is 24.8. The monoisotopic (exact) mass is 177 g/mol. The minimum atomic E-state index is -2.20. The maximum absolute atomic E-state index is 12.3. The van der Waals surface area contributed by atoms with Gasteiger partial charge in [0.05, 0.1) is 6.04 Å². The molecule has 1 atom stereocenters. The molecule has 0 aromatic heterocycles. The van der Waals surface area contributed by atoms with Crippen LogP contribution in [0.5, 0.6) is 0 Å². The van der Waals surface area contributed by atoms with Crippen LogP contribution < -0.4 is 0 Å². The topological polar surface area (TPSA) is 3.24 Å². The lowest BCUT2D eigenvalue weighted by molar-refractivity contribution is 0.0189. The van der Waals surface area contributed by atoms with Gasteiger partial charge in [0.15, 0.2) is 0 Å². The molecule has 72 valence electrons. The van der Waals surface area contributed by atoms with Crippen molar-refractivity contribution in [3.05, 3.63) is 0 Å². The first-order chi connectivity index (χ1) is 5.61. The van der Waals surface area contributed by atoms with Crippen molar-refractivity contribution in [1.29, 1.82) is 0 Å². The first-order valence-electron chi connectivity index (χ1n) is 4.63. The molecule has 0 N–H and O–H groups in total. The quantitative estimate of drug-likeness (QED) is 0.626. The molecule has 0 aromatic rings. The Morgan fingerprint density at radius 2 is 1.75 bits per heavy atom. The Morgan fingerprint density at radius 3 is 2.17 bits per heavy atom. The van der Waals surface area contributed by atoms with Gasteiger partial charge >= 0.3 is 0 Å². The minimum Gasteiger partial charge on any atom is -0.295 e. The molecule has 0 amide bonds. The van der Waals surface area contributed by atoms with E-state index in [1.807, 2.05) is 4.90 Å². The molecule has 0 radical (unpaired) electrons. The number of halogens is 2. The smallest absolute Gasteiger partial charge is 0.253 e. The molecule has 1 rings (SSSR count). The molecule has 1 aliphatic rings. The van der Waals surface area contributed by atoms with E-state index in [0.717, 1.165) is 25.9 Å². The van der Waals surface area contributed by atoms with Gasteiger partial charge in [0, 0.05) is 0 Å². The van der Waals surface area contributed by atoms with Crippen LogP contribution in [0.15, 0.2) is 0 Å². The molecule has 12 heavy (non-hydrogen) atoms. The fourth-order valence-electron chi connectivity index (χ4n) is 1.60. The molecule has 0 saturated carbocycles. The number of alkyl halides is 2. The van der Waals surface area contributed by atoms with E-state index >= 15 is 0 Å². The van der Waals surface area contributed by atoms with Crippen molar-refractivity contribution >= 4 is 0 Å². The van der Waals surface area contributed by atoms with Gasteiger partial charge in [0.25, 0.3) is 6.43 Å². The van der Waals surface area contributed by atoms with Gasteiger partial charge in [0.2, 0.25) is 0 Å². The molecule has 3 heteroatoms. The van der Waals surface area contributed by atoms with E-state index in [1.54, 1.807) is 6.92 Å². The molecular weight excluding hydrogens is 160 g/mol. The predicted molar refractivity (Wildman–Crippen MR) is 45.4 cm³/mol. The third-order valence-corrected chi connectivity index (χ3v) is 2.76. The van der Waals surface area contributed by atoms with E-state index in [1.165, 1.54) is 0 Å². The van der Waals surface area contributed by atoms with Crippen molar-refractivity contribution < 1.29 is 8.78 Å². The largest absolute Gasteiger partial charge is 0.295 e. The summed E-state index contributed by atoms with van der Waals surface area (Å²) in [7, 11) is 0. The molecule has 0 aliphatic carbocycles. The summed E-state index contributed by atoms with van der Waals surface area (Å²) in [4.78, 5) is 1.89. The van der Waals surface area contributed by atoms with Gasteiger partial charge in [-0.25, -0.2) is 8.78 Å². The van der Waals surface area contributed by atoms with Crippen molar-refractivity contribution in [2.24, 2.45) is 5.92 Å². The van der Waals surface area contributed by atoms with Crippen LogP contribution in [0.2, 0.25) is 0 Å². The summed E-state index contributed by atoms with van der Waals surface area (Å²) in [6.07, 6.45) is -0.0629. The third kappa shape index (κ3) is 2.41. The van der Waals surface area contributed by atoms with Gasteiger partial charge in [-0.15, -0.1) is 0 Å². The Balaban J connectivity index is 2.34. The number of nitrogens with zero attached hydrogens (tertiary/aromatic N) is 1. The number of hydrogen-bond donors (Lipinski definition) is 0. The maximum atomic E-state index is 12.3. The minimum absolute atomic E-state index is 0.558. The first-order valence-corrected chi connectivity index (χ1v) is 4.63. The molecule has 1 nitrogen and oxygen atoms in total.